The van der Waals surface area contributed by atoms with E-state index in [-0.39, 0.29) is 6.79 Å². The Morgan fingerprint density at radius 1 is 1.47 bits per heavy atom. The number of ether oxygens (including phenoxy) is 3. The number of aliphatic hydroxyl groups is 1. The first-order valence-corrected chi connectivity index (χ1v) is 5.56. The third kappa shape index (κ3) is 1.54. The maximum Gasteiger partial charge on any atom is 0.231 e. The lowest BCUT2D eigenvalue weighted by molar-refractivity contribution is 0.106. The monoisotopic (exact) mass is 237 g/mol. The largest absolute Gasteiger partial charge is 0.492 e. The van der Waals surface area contributed by atoms with Gasteiger partial charge >= 0.3 is 0 Å². The van der Waals surface area contributed by atoms with Crippen LogP contribution in [0.25, 0.3) is 0 Å². The molecule has 0 spiro atoms. The fraction of sp³-hybridized carbons (Fsp3) is 0.500. The van der Waals surface area contributed by atoms with Crippen molar-refractivity contribution in [1.82, 2.24) is 4.90 Å². The van der Waals surface area contributed by atoms with E-state index in [1.165, 1.54) is 0 Å². The summed E-state index contributed by atoms with van der Waals surface area (Å²) in [6.07, 6.45) is -0.507. The number of benzene rings is 1. The van der Waals surface area contributed by atoms with Crippen LogP contribution in [0.15, 0.2) is 6.07 Å². The van der Waals surface area contributed by atoms with Crippen molar-refractivity contribution < 1.29 is 19.3 Å². The van der Waals surface area contributed by atoms with E-state index in [9.17, 15) is 5.11 Å². The van der Waals surface area contributed by atoms with Crippen molar-refractivity contribution in [3.63, 3.8) is 0 Å². The van der Waals surface area contributed by atoms with Crippen LogP contribution in [0, 0.1) is 0 Å². The molecule has 0 unspecified atom stereocenters. The lowest BCUT2D eigenvalue weighted by Gasteiger charge is -2.30. The van der Waals surface area contributed by atoms with Crippen molar-refractivity contribution in [3.8, 4) is 17.2 Å². The molecule has 0 saturated carbocycles. The van der Waals surface area contributed by atoms with E-state index in [0.29, 0.717) is 23.8 Å². The van der Waals surface area contributed by atoms with Crippen LogP contribution in [-0.4, -0.2) is 37.5 Å². The highest BCUT2D eigenvalue weighted by atomic mass is 16.7. The topological polar surface area (TPSA) is 51.2 Å². The molecule has 0 aliphatic carbocycles. The molecule has 0 amide bonds. The van der Waals surface area contributed by atoms with E-state index in [2.05, 4.69) is 4.90 Å². The number of hydrogen-bond acceptors (Lipinski definition) is 5. The SMILES string of the molecule is COc1c2c(cc3c1OCO3)[C@H](O)CN(C)C2. The van der Waals surface area contributed by atoms with Gasteiger partial charge in [-0.25, -0.2) is 0 Å². The quantitative estimate of drug-likeness (QED) is 0.786. The van der Waals surface area contributed by atoms with Crippen LogP contribution in [0.5, 0.6) is 17.2 Å². The van der Waals surface area contributed by atoms with Gasteiger partial charge in [-0.2, -0.15) is 0 Å². The molecule has 0 radical (unpaired) electrons. The molecule has 1 aromatic rings. The predicted molar refractivity (Wildman–Crippen MR) is 60.4 cm³/mol. The molecular weight excluding hydrogens is 222 g/mol. The van der Waals surface area contributed by atoms with Gasteiger partial charge in [0.05, 0.1) is 13.2 Å². The highest BCUT2D eigenvalue weighted by Crippen LogP contribution is 2.47. The minimum absolute atomic E-state index is 0.209. The summed E-state index contributed by atoms with van der Waals surface area (Å²) in [5.74, 6) is 1.98. The van der Waals surface area contributed by atoms with Crippen LogP contribution in [0.4, 0.5) is 0 Å². The number of rotatable bonds is 1. The Kier molecular flexibility index (Phi) is 2.38. The van der Waals surface area contributed by atoms with Gasteiger partial charge in [0.25, 0.3) is 0 Å². The number of hydrogen-bond donors (Lipinski definition) is 1. The zero-order chi connectivity index (χ0) is 12.0. The molecule has 5 heteroatoms. The Balaban J connectivity index is 2.19. The molecule has 17 heavy (non-hydrogen) atoms. The van der Waals surface area contributed by atoms with E-state index in [1.807, 2.05) is 13.1 Å². The summed E-state index contributed by atoms with van der Waals surface area (Å²) < 4.78 is 16.2. The van der Waals surface area contributed by atoms with Gasteiger partial charge in [0.2, 0.25) is 12.5 Å². The summed E-state index contributed by atoms with van der Waals surface area (Å²) in [6.45, 7) is 1.57. The Hall–Kier alpha value is -1.46. The summed E-state index contributed by atoms with van der Waals surface area (Å²) in [5.41, 5.74) is 1.86. The number of nitrogens with zero attached hydrogens (tertiary/aromatic N) is 1. The second-order valence-corrected chi connectivity index (χ2v) is 4.42. The van der Waals surface area contributed by atoms with Crippen LogP contribution < -0.4 is 14.2 Å². The second kappa shape index (κ2) is 3.78. The molecule has 1 aromatic carbocycles. The smallest absolute Gasteiger partial charge is 0.231 e. The third-order valence-corrected chi connectivity index (χ3v) is 3.23. The third-order valence-electron chi connectivity index (χ3n) is 3.23. The van der Waals surface area contributed by atoms with E-state index in [4.69, 9.17) is 14.2 Å². The summed E-state index contributed by atoms with van der Waals surface area (Å²) in [4.78, 5) is 2.05. The van der Waals surface area contributed by atoms with Crippen LogP contribution >= 0.6 is 0 Å². The Bertz CT molecular complexity index is 460. The first-order chi connectivity index (χ1) is 8.20. The predicted octanol–water partition coefficient (Wildman–Crippen LogP) is 0.903. The highest BCUT2D eigenvalue weighted by Gasteiger charge is 2.31. The maximum atomic E-state index is 10.1. The zero-order valence-electron chi connectivity index (χ0n) is 9.90. The first kappa shape index (κ1) is 10.7. The molecule has 2 heterocycles. The van der Waals surface area contributed by atoms with Gasteiger partial charge in [-0.05, 0) is 18.7 Å². The van der Waals surface area contributed by atoms with E-state index < -0.39 is 6.10 Å². The molecular formula is C12H15NO4. The molecule has 0 saturated heterocycles. The van der Waals surface area contributed by atoms with Crippen LogP contribution in [0.3, 0.4) is 0 Å². The van der Waals surface area contributed by atoms with Crippen LogP contribution in [0.2, 0.25) is 0 Å². The number of likely N-dealkylation sites (N-methyl/N-ethyl adjacent to an activating group) is 1. The number of β-amino-alcohol motifs (C(OH)–C–C–N with tert-alkyl or cyclic N) is 1. The number of methoxy groups -OCH3 is 1. The fourth-order valence-electron chi connectivity index (χ4n) is 2.47. The number of aliphatic hydroxyl groups excluding tert-OH is 1. The van der Waals surface area contributed by atoms with E-state index in [1.54, 1.807) is 7.11 Å². The zero-order valence-corrected chi connectivity index (χ0v) is 9.90. The molecule has 1 atom stereocenters. The Morgan fingerprint density at radius 3 is 3.06 bits per heavy atom. The molecule has 2 aliphatic heterocycles. The van der Waals surface area contributed by atoms with E-state index >= 15 is 0 Å². The molecule has 1 N–H and O–H groups in total. The average molecular weight is 237 g/mol. The fourth-order valence-corrected chi connectivity index (χ4v) is 2.47. The molecule has 2 aliphatic rings. The molecule has 0 bridgehead atoms. The average Bonchev–Trinajstić information content (AvgIpc) is 2.74. The van der Waals surface area contributed by atoms with E-state index in [0.717, 1.165) is 17.7 Å². The van der Waals surface area contributed by atoms with Crippen LogP contribution in [0.1, 0.15) is 17.2 Å². The summed E-state index contributed by atoms with van der Waals surface area (Å²) in [7, 11) is 3.58. The maximum absolute atomic E-state index is 10.1. The van der Waals surface area contributed by atoms with Gasteiger partial charge in [0.15, 0.2) is 11.5 Å². The van der Waals surface area contributed by atoms with Crippen molar-refractivity contribution in [3.05, 3.63) is 17.2 Å². The van der Waals surface area contributed by atoms with Crippen LogP contribution in [-0.2, 0) is 6.54 Å². The normalized spacial score (nSPS) is 22.4. The Morgan fingerprint density at radius 2 is 2.29 bits per heavy atom. The van der Waals surface area contributed by atoms with Crippen molar-refractivity contribution in [1.29, 1.82) is 0 Å². The van der Waals surface area contributed by atoms with Crippen molar-refractivity contribution >= 4 is 0 Å². The Labute approximate surface area is 99.5 Å². The molecule has 3 rings (SSSR count). The number of fused-ring (bicyclic) bond motifs is 2. The first-order valence-electron chi connectivity index (χ1n) is 5.56. The van der Waals surface area contributed by atoms with Gasteiger partial charge in [0.1, 0.15) is 0 Å². The lowest BCUT2D eigenvalue weighted by atomic mass is 9.96. The summed E-state index contributed by atoms with van der Waals surface area (Å²) in [5, 5.41) is 10.1. The van der Waals surface area contributed by atoms with Gasteiger partial charge in [-0.15, -0.1) is 0 Å². The van der Waals surface area contributed by atoms with Crippen molar-refractivity contribution in [2.45, 2.75) is 12.6 Å². The minimum atomic E-state index is -0.507. The van der Waals surface area contributed by atoms with Gasteiger partial charge < -0.3 is 19.3 Å². The molecule has 0 fully saturated rings. The lowest BCUT2D eigenvalue weighted by Crippen LogP contribution is -2.30. The van der Waals surface area contributed by atoms with Crippen molar-refractivity contribution in [2.24, 2.45) is 0 Å². The molecule has 5 nitrogen and oxygen atoms in total. The van der Waals surface area contributed by atoms with Gasteiger partial charge in [0, 0.05) is 18.7 Å². The highest BCUT2D eigenvalue weighted by molar-refractivity contribution is 5.61. The van der Waals surface area contributed by atoms with Gasteiger partial charge in [-0.3, -0.25) is 4.90 Å². The minimum Gasteiger partial charge on any atom is -0.492 e. The summed E-state index contributed by atoms with van der Waals surface area (Å²) in [6, 6.07) is 1.86. The molecule has 92 valence electrons. The van der Waals surface area contributed by atoms with Gasteiger partial charge in [-0.1, -0.05) is 0 Å². The van der Waals surface area contributed by atoms with Crippen molar-refractivity contribution in [2.75, 3.05) is 27.5 Å². The molecule has 0 aromatic heterocycles. The second-order valence-electron chi connectivity index (χ2n) is 4.42. The summed E-state index contributed by atoms with van der Waals surface area (Å²) >= 11 is 0. The standard InChI is InChI=1S/C12H15NO4/c1-13-4-8-7(9(14)5-13)3-10-12(11(8)15-2)17-6-16-10/h3,9,14H,4-6H2,1-2H3/t9-/m1/s1.